The van der Waals surface area contributed by atoms with Gasteiger partial charge in [-0.1, -0.05) is 6.07 Å². The highest BCUT2D eigenvalue weighted by Gasteiger charge is 2.11. The molecule has 1 rings (SSSR count). The first-order valence-electron chi connectivity index (χ1n) is 4.76. The van der Waals surface area contributed by atoms with E-state index in [-0.39, 0.29) is 18.6 Å². The summed E-state index contributed by atoms with van der Waals surface area (Å²) in [5, 5.41) is 11.5. The Morgan fingerprint density at radius 2 is 2.27 bits per heavy atom. The summed E-state index contributed by atoms with van der Waals surface area (Å²) in [6, 6.07) is 5.17. The van der Waals surface area contributed by atoms with Gasteiger partial charge in [0.15, 0.2) is 0 Å². The maximum atomic E-state index is 11.7. The lowest BCUT2D eigenvalue weighted by Gasteiger charge is -2.12. The van der Waals surface area contributed by atoms with Crippen molar-refractivity contribution in [2.75, 3.05) is 6.61 Å². The van der Waals surface area contributed by atoms with Crippen molar-refractivity contribution in [1.29, 1.82) is 0 Å². The van der Waals surface area contributed by atoms with Crippen LogP contribution in [-0.2, 0) is 0 Å². The molecule has 15 heavy (non-hydrogen) atoms. The van der Waals surface area contributed by atoms with Crippen LogP contribution in [0.2, 0.25) is 0 Å². The highest BCUT2D eigenvalue weighted by atomic mass is 32.1. The van der Waals surface area contributed by atoms with E-state index < -0.39 is 0 Å². The molecule has 0 saturated carbocycles. The molecule has 0 aliphatic carbocycles. The van der Waals surface area contributed by atoms with E-state index in [1.54, 1.807) is 13.0 Å². The number of amides is 1. The standard InChI is InChI=1S/C11H15NO2S/c1-7-3-4-9(15)5-10(7)11(14)12-8(2)6-13/h3-5,8,13,15H,6H2,1-2H3,(H,12,14). The molecule has 4 heteroatoms. The number of nitrogens with one attached hydrogen (secondary N) is 1. The Morgan fingerprint density at radius 3 is 2.87 bits per heavy atom. The lowest BCUT2D eigenvalue weighted by molar-refractivity contribution is 0.0921. The molecule has 0 heterocycles. The van der Waals surface area contributed by atoms with Crippen molar-refractivity contribution in [3.05, 3.63) is 29.3 Å². The maximum Gasteiger partial charge on any atom is 0.251 e. The normalized spacial score (nSPS) is 12.3. The van der Waals surface area contributed by atoms with Crippen molar-refractivity contribution in [2.45, 2.75) is 24.8 Å². The first-order chi connectivity index (χ1) is 7.04. The van der Waals surface area contributed by atoms with E-state index in [1.165, 1.54) is 0 Å². The highest BCUT2D eigenvalue weighted by Crippen LogP contribution is 2.13. The smallest absolute Gasteiger partial charge is 0.251 e. The molecule has 1 aromatic rings. The van der Waals surface area contributed by atoms with Crippen LogP contribution in [0.1, 0.15) is 22.8 Å². The molecular formula is C11H15NO2S. The van der Waals surface area contributed by atoms with E-state index in [0.29, 0.717) is 5.56 Å². The van der Waals surface area contributed by atoms with E-state index >= 15 is 0 Å². The van der Waals surface area contributed by atoms with Crippen LogP contribution < -0.4 is 5.32 Å². The molecule has 0 fully saturated rings. The van der Waals surface area contributed by atoms with Gasteiger partial charge in [0.1, 0.15) is 0 Å². The van der Waals surface area contributed by atoms with Gasteiger partial charge in [0.05, 0.1) is 6.61 Å². The van der Waals surface area contributed by atoms with E-state index in [4.69, 9.17) is 5.11 Å². The average Bonchev–Trinajstić information content (AvgIpc) is 2.21. The molecule has 0 aliphatic heterocycles. The van der Waals surface area contributed by atoms with Gasteiger partial charge in [-0.25, -0.2) is 0 Å². The maximum absolute atomic E-state index is 11.7. The molecule has 0 aliphatic rings. The van der Waals surface area contributed by atoms with E-state index in [1.807, 2.05) is 19.1 Å². The number of carbonyl (C=O) groups excluding carboxylic acids is 1. The molecule has 2 N–H and O–H groups in total. The van der Waals surface area contributed by atoms with Gasteiger partial charge >= 0.3 is 0 Å². The number of aliphatic hydroxyl groups excluding tert-OH is 1. The summed E-state index contributed by atoms with van der Waals surface area (Å²) in [7, 11) is 0. The lowest BCUT2D eigenvalue weighted by atomic mass is 10.1. The number of aliphatic hydroxyl groups is 1. The summed E-state index contributed by atoms with van der Waals surface area (Å²) in [6.07, 6.45) is 0. The fourth-order valence-corrected chi connectivity index (χ4v) is 1.41. The van der Waals surface area contributed by atoms with Crippen LogP contribution in [0.4, 0.5) is 0 Å². The van der Waals surface area contributed by atoms with Crippen LogP contribution in [0.5, 0.6) is 0 Å². The number of carbonyl (C=O) groups is 1. The van der Waals surface area contributed by atoms with Crippen LogP contribution in [0.3, 0.4) is 0 Å². The van der Waals surface area contributed by atoms with E-state index in [2.05, 4.69) is 17.9 Å². The minimum Gasteiger partial charge on any atom is -0.394 e. The van der Waals surface area contributed by atoms with Crippen molar-refractivity contribution in [3.8, 4) is 0 Å². The SMILES string of the molecule is Cc1ccc(S)cc1C(=O)NC(C)CO. The second-order valence-electron chi connectivity index (χ2n) is 3.56. The minimum absolute atomic E-state index is 0.0641. The second-order valence-corrected chi connectivity index (χ2v) is 4.07. The Balaban J connectivity index is 2.86. The van der Waals surface area contributed by atoms with Crippen molar-refractivity contribution in [3.63, 3.8) is 0 Å². The van der Waals surface area contributed by atoms with Crippen molar-refractivity contribution < 1.29 is 9.90 Å². The summed E-state index contributed by atoms with van der Waals surface area (Å²) < 4.78 is 0. The van der Waals surface area contributed by atoms with Crippen LogP contribution in [0.15, 0.2) is 23.1 Å². The van der Waals surface area contributed by atoms with Gasteiger partial charge in [0, 0.05) is 16.5 Å². The van der Waals surface area contributed by atoms with Gasteiger partial charge in [-0.05, 0) is 31.5 Å². The van der Waals surface area contributed by atoms with Gasteiger partial charge in [-0.3, -0.25) is 4.79 Å². The second kappa shape index (κ2) is 5.19. The van der Waals surface area contributed by atoms with Gasteiger partial charge in [0.2, 0.25) is 0 Å². The fourth-order valence-electron chi connectivity index (χ4n) is 1.20. The zero-order chi connectivity index (χ0) is 11.4. The summed E-state index contributed by atoms with van der Waals surface area (Å²) in [4.78, 5) is 12.5. The van der Waals surface area contributed by atoms with Crippen molar-refractivity contribution in [1.82, 2.24) is 5.32 Å². The highest BCUT2D eigenvalue weighted by molar-refractivity contribution is 7.80. The summed E-state index contributed by atoms with van der Waals surface area (Å²) >= 11 is 4.18. The fraction of sp³-hybridized carbons (Fsp3) is 0.364. The van der Waals surface area contributed by atoms with Crippen LogP contribution in [0, 0.1) is 6.92 Å². The molecule has 3 nitrogen and oxygen atoms in total. The van der Waals surface area contributed by atoms with Gasteiger partial charge in [-0.2, -0.15) is 0 Å². The molecule has 0 saturated heterocycles. The van der Waals surface area contributed by atoms with Crippen LogP contribution in [0.25, 0.3) is 0 Å². The number of thiol groups is 1. The average molecular weight is 225 g/mol. The van der Waals surface area contributed by atoms with Gasteiger partial charge in [-0.15, -0.1) is 12.6 Å². The van der Waals surface area contributed by atoms with Crippen molar-refractivity contribution in [2.24, 2.45) is 0 Å². The van der Waals surface area contributed by atoms with E-state index in [9.17, 15) is 4.79 Å². The Kier molecular flexibility index (Phi) is 4.17. The number of aryl methyl sites for hydroxylation is 1. The molecule has 0 bridgehead atoms. The van der Waals surface area contributed by atoms with E-state index in [0.717, 1.165) is 10.5 Å². The predicted molar refractivity (Wildman–Crippen MR) is 62.4 cm³/mol. The molecule has 1 unspecified atom stereocenters. The predicted octanol–water partition coefficient (Wildman–Crippen LogP) is 1.39. The Labute approximate surface area is 94.9 Å². The number of hydrogen-bond donors (Lipinski definition) is 3. The number of benzene rings is 1. The Hall–Kier alpha value is -1.00. The first-order valence-corrected chi connectivity index (χ1v) is 5.20. The number of rotatable bonds is 3. The molecule has 0 spiro atoms. The summed E-state index contributed by atoms with van der Waals surface area (Å²) in [5.41, 5.74) is 1.50. The third-order valence-electron chi connectivity index (χ3n) is 2.12. The minimum atomic E-state index is -0.236. The lowest BCUT2D eigenvalue weighted by Crippen LogP contribution is -2.35. The Morgan fingerprint density at radius 1 is 1.60 bits per heavy atom. The summed E-state index contributed by atoms with van der Waals surface area (Å²) in [6.45, 7) is 3.55. The third-order valence-corrected chi connectivity index (χ3v) is 2.40. The Bertz CT molecular complexity index is 366. The molecule has 0 radical (unpaired) electrons. The molecule has 1 aromatic carbocycles. The first kappa shape index (κ1) is 12.1. The summed E-state index contributed by atoms with van der Waals surface area (Å²) in [5.74, 6) is -0.176. The number of hydrogen-bond acceptors (Lipinski definition) is 3. The van der Waals surface area contributed by atoms with Gasteiger partial charge < -0.3 is 10.4 Å². The van der Waals surface area contributed by atoms with Gasteiger partial charge in [0.25, 0.3) is 5.91 Å². The monoisotopic (exact) mass is 225 g/mol. The topological polar surface area (TPSA) is 49.3 Å². The third kappa shape index (κ3) is 3.25. The van der Waals surface area contributed by atoms with Crippen LogP contribution >= 0.6 is 12.6 Å². The zero-order valence-electron chi connectivity index (χ0n) is 8.82. The molecular weight excluding hydrogens is 210 g/mol. The molecule has 82 valence electrons. The molecule has 1 atom stereocenters. The quantitative estimate of drug-likeness (QED) is 0.681. The van der Waals surface area contributed by atoms with Crippen molar-refractivity contribution >= 4 is 18.5 Å². The van der Waals surface area contributed by atoms with Crippen LogP contribution in [-0.4, -0.2) is 23.7 Å². The zero-order valence-corrected chi connectivity index (χ0v) is 9.71. The molecule has 1 amide bonds. The molecule has 0 aromatic heterocycles. The largest absolute Gasteiger partial charge is 0.394 e.